The number of amides is 1. The number of hydrogen-bond acceptors (Lipinski definition) is 4. The first-order valence-electron chi connectivity index (χ1n) is 9.72. The number of nitrogens with zero attached hydrogens (tertiary/aromatic N) is 2. The van der Waals surface area contributed by atoms with Crippen LogP contribution in [0, 0.1) is 0 Å². The first-order valence-corrected chi connectivity index (χ1v) is 9.72. The van der Waals surface area contributed by atoms with Gasteiger partial charge in [0.05, 0.1) is 12.1 Å². The molecule has 0 radical (unpaired) electrons. The van der Waals surface area contributed by atoms with Gasteiger partial charge in [-0.1, -0.05) is 12.1 Å². The average Bonchev–Trinajstić information content (AvgIpc) is 3.43. The Balaban J connectivity index is 1.87. The molecular weight excluding hydrogens is 340 g/mol. The van der Waals surface area contributed by atoms with Crippen LogP contribution < -0.4 is 0 Å². The van der Waals surface area contributed by atoms with Crippen LogP contribution in [-0.4, -0.2) is 41.3 Å². The predicted octanol–water partition coefficient (Wildman–Crippen LogP) is 4.71. The van der Waals surface area contributed by atoms with E-state index in [2.05, 4.69) is 23.2 Å². The zero-order valence-electron chi connectivity index (χ0n) is 16.8. The minimum Gasteiger partial charge on any atom is -0.444 e. The maximum atomic E-state index is 12.7. The smallest absolute Gasteiger partial charge is 0.410 e. The third-order valence-electron chi connectivity index (χ3n) is 4.61. The van der Waals surface area contributed by atoms with Gasteiger partial charge in [0.15, 0.2) is 0 Å². The summed E-state index contributed by atoms with van der Waals surface area (Å²) in [6, 6.07) is 8.69. The van der Waals surface area contributed by atoms with Crippen molar-refractivity contribution in [2.75, 3.05) is 13.7 Å². The highest BCUT2D eigenvalue weighted by atomic mass is 16.6. The minimum atomic E-state index is -0.494. The molecule has 0 atom stereocenters. The number of ether oxygens (including phenoxy) is 2. The van der Waals surface area contributed by atoms with Crippen LogP contribution >= 0.6 is 0 Å². The Morgan fingerprint density at radius 1 is 1.30 bits per heavy atom. The van der Waals surface area contributed by atoms with Gasteiger partial charge in [-0.25, -0.2) is 4.79 Å². The number of carbonyl (C=O) groups excluding carboxylic acids is 1. The number of benzene rings is 1. The molecule has 1 heterocycles. The maximum Gasteiger partial charge on any atom is 0.410 e. The van der Waals surface area contributed by atoms with Gasteiger partial charge in [-0.15, -0.1) is 0 Å². The zero-order chi connectivity index (χ0) is 19.4. The molecule has 1 aliphatic carbocycles. The maximum absolute atomic E-state index is 12.7. The first kappa shape index (κ1) is 19.6. The van der Waals surface area contributed by atoms with Crippen molar-refractivity contribution in [3.63, 3.8) is 0 Å². The molecule has 0 saturated heterocycles. The third-order valence-corrected chi connectivity index (χ3v) is 4.61. The van der Waals surface area contributed by atoms with Gasteiger partial charge >= 0.3 is 6.09 Å². The number of pyridine rings is 1. The van der Waals surface area contributed by atoms with Crippen molar-refractivity contribution in [2.45, 2.75) is 64.6 Å². The van der Waals surface area contributed by atoms with Crippen LogP contribution in [0.15, 0.2) is 30.5 Å². The second-order valence-electron chi connectivity index (χ2n) is 8.27. The van der Waals surface area contributed by atoms with Gasteiger partial charge < -0.3 is 14.4 Å². The van der Waals surface area contributed by atoms with E-state index >= 15 is 0 Å². The molecule has 0 spiro atoms. The second kappa shape index (κ2) is 8.26. The topological polar surface area (TPSA) is 51.7 Å². The van der Waals surface area contributed by atoms with Gasteiger partial charge in [0.2, 0.25) is 0 Å². The number of rotatable bonds is 7. The summed E-state index contributed by atoms with van der Waals surface area (Å²) in [5.41, 5.74) is 2.80. The molecule has 5 heteroatoms. The van der Waals surface area contributed by atoms with Gasteiger partial charge in [-0.3, -0.25) is 4.98 Å². The van der Waals surface area contributed by atoms with Crippen molar-refractivity contribution in [1.82, 2.24) is 9.88 Å². The molecule has 1 amide bonds. The Hall–Kier alpha value is -2.14. The van der Waals surface area contributed by atoms with E-state index in [9.17, 15) is 4.79 Å². The van der Waals surface area contributed by atoms with Gasteiger partial charge in [0.25, 0.3) is 0 Å². The number of hydrogen-bond donors (Lipinski definition) is 0. The van der Waals surface area contributed by atoms with E-state index in [-0.39, 0.29) is 12.1 Å². The highest BCUT2D eigenvalue weighted by Crippen LogP contribution is 2.31. The van der Waals surface area contributed by atoms with Gasteiger partial charge in [0, 0.05) is 31.3 Å². The highest BCUT2D eigenvalue weighted by molar-refractivity contribution is 5.83. The van der Waals surface area contributed by atoms with Gasteiger partial charge in [-0.05, 0) is 69.7 Å². The Labute approximate surface area is 161 Å². The number of methoxy groups -OCH3 is 1. The molecule has 0 bridgehead atoms. The summed E-state index contributed by atoms with van der Waals surface area (Å²) in [7, 11) is 1.73. The molecule has 146 valence electrons. The fourth-order valence-electron chi connectivity index (χ4n) is 3.25. The summed E-state index contributed by atoms with van der Waals surface area (Å²) in [5.74, 6) is 0. The van der Waals surface area contributed by atoms with Crippen LogP contribution in [0.25, 0.3) is 10.9 Å². The van der Waals surface area contributed by atoms with Crippen LogP contribution in [0.1, 0.15) is 51.2 Å². The summed E-state index contributed by atoms with van der Waals surface area (Å²) >= 11 is 0. The van der Waals surface area contributed by atoms with Crippen molar-refractivity contribution in [1.29, 1.82) is 0 Å². The molecule has 0 N–H and O–H groups in total. The Morgan fingerprint density at radius 2 is 2.07 bits per heavy atom. The molecule has 1 fully saturated rings. The van der Waals surface area contributed by atoms with E-state index in [4.69, 9.17) is 9.47 Å². The van der Waals surface area contributed by atoms with Crippen LogP contribution in [0.4, 0.5) is 4.79 Å². The van der Waals surface area contributed by atoms with Crippen LogP contribution in [0.2, 0.25) is 0 Å². The minimum absolute atomic E-state index is 0.237. The quantitative estimate of drug-likeness (QED) is 0.662. The van der Waals surface area contributed by atoms with Crippen LogP contribution in [0.5, 0.6) is 0 Å². The summed E-state index contributed by atoms with van der Waals surface area (Å²) < 4.78 is 10.8. The van der Waals surface area contributed by atoms with Gasteiger partial charge in [0.1, 0.15) is 5.60 Å². The van der Waals surface area contributed by atoms with E-state index in [1.165, 1.54) is 5.56 Å². The fraction of sp³-hybridized carbons (Fsp3) is 0.545. The molecule has 27 heavy (non-hydrogen) atoms. The van der Waals surface area contributed by atoms with E-state index < -0.39 is 5.60 Å². The molecule has 1 saturated carbocycles. The molecule has 1 aromatic carbocycles. The Kier molecular flexibility index (Phi) is 6.00. The summed E-state index contributed by atoms with van der Waals surface area (Å²) in [4.78, 5) is 19.2. The molecule has 2 aromatic rings. The molecular formula is C22H30N2O3. The van der Waals surface area contributed by atoms with E-state index in [0.29, 0.717) is 6.54 Å². The first-order chi connectivity index (χ1) is 12.9. The lowest BCUT2D eigenvalue weighted by Crippen LogP contribution is -2.37. The standard InChI is InChI=1S/C22H30N2O3/c1-22(2,3)27-21(25)24(19-9-10-19)15-18-14-16(7-6-12-26-4)13-17-8-5-11-23-20(17)18/h5,8,11,13-14,19H,6-7,9-10,12,15H2,1-4H3. The van der Waals surface area contributed by atoms with Crippen LogP contribution in [-0.2, 0) is 22.4 Å². The lowest BCUT2D eigenvalue weighted by atomic mass is 10.0. The predicted molar refractivity (Wildman–Crippen MR) is 107 cm³/mol. The second-order valence-corrected chi connectivity index (χ2v) is 8.27. The molecule has 0 unspecified atom stereocenters. The molecule has 0 aliphatic heterocycles. The monoisotopic (exact) mass is 370 g/mol. The summed E-state index contributed by atoms with van der Waals surface area (Å²) in [6.07, 6.45) is 5.57. The zero-order valence-corrected chi connectivity index (χ0v) is 16.8. The van der Waals surface area contributed by atoms with Crippen molar-refractivity contribution in [3.05, 3.63) is 41.6 Å². The molecule has 1 aromatic heterocycles. The normalized spacial score (nSPS) is 14.4. The molecule has 1 aliphatic rings. The lowest BCUT2D eigenvalue weighted by molar-refractivity contribution is 0.0217. The number of aromatic nitrogens is 1. The van der Waals surface area contributed by atoms with Gasteiger partial charge in [-0.2, -0.15) is 0 Å². The molecule has 3 rings (SSSR count). The summed E-state index contributed by atoms with van der Waals surface area (Å²) in [5, 5.41) is 1.11. The van der Waals surface area contributed by atoms with Crippen molar-refractivity contribution < 1.29 is 14.3 Å². The SMILES string of the molecule is COCCCc1cc(CN(C(=O)OC(C)(C)C)C2CC2)c2ncccc2c1. The van der Waals surface area contributed by atoms with Crippen molar-refractivity contribution in [2.24, 2.45) is 0 Å². The van der Waals surface area contributed by atoms with Crippen molar-refractivity contribution in [3.8, 4) is 0 Å². The number of carbonyl (C=O) groups is 1. The Bertz CT molecular complexity index is 794. The third kappa shape index (κ3) is 5.42. The summed E-state index contributed by atoms with van der Waals surface area (Å²) in [6.45, 7) is 6.99. The number of aryl methyl sites for hydroxylation is 1. The van der Waals surface area contributed by atoms with Crippen LogP contribution in [0.3, 0.4) is 0 Å². The van der Waals surface area contributed by atoms with E-state index in [1.807, 2.05) is 37.9 Å². The van der Waals surface area contributed by atoms with E-state index in [0.717, 1.165) is 48.8 Å². The van der Waals surface area contributed by atoms with E-state index in [1.54, 1.807) is 7.11 Å². The molecule has 5 nitrogen and oxygen atoms in total. The fourth-order valence-corrected chi connectivity index (χ4v) is 3.25. The lowest BCUT2D eigenvalue weighted by Gasteiger charge is -2.28. The highest BCUT2D eigenvalue weighted by Gasteiger charge is 2.35. The van der Waals surface area contributed by atoms with Crippen molar-refractivity contribution >= 4 is 17.0 Å². The average molecular weight is 370 g/mol. The largest absolute Gasteiger partial charge is 0.444 e. The Morgan fingerprint density at radius 3 is 2.74 bits per heavy atom. The number of fused-ring (bicyclic) bond motifs is 1.